The maximum Gasteiger partial charge on any atom is 0.230 e. The highest BCUT2D eigenvalue weighted by molar-refractivity contribution is 7.99. The Kier molecular flexibility index (Phi) is 6.56. The average molecular weight is 383 g/mol. The molecule has 1 N–H and O–H groups in total. The van der Waals surface area contributed by atoms with Crippen LogP contribution in [-0.4, -0.2) is 51.2 Å². The van der Waals surface area contributed by atoms with E-state index < -0.39 is 0 Å². The van der Waals surface area contributed by atoms with Crippen molar-refractivity contribution in [1.29, 1.82) is 0 Å². The number of hydrogen-bond donors (Lipinski definition) is 1. The molecule has 8 heteroatoms. The molecule has 7 nitrogen and oxygen atoms in total. The molecule has 1 amide bonds. The fraction of sp³-hybridized carbons (Fsp3) is 0.263. The molecule has 0 aliphatic rings. The van der Waals surface area contributed by atoms with Gasteiger partial charge in [-0.15, -0.1) is 10.2 Å². The minimum Gasteiger partial charge on any atom is -0.383 e. The third-order valence-corrected chi connectivity index (χ3v) is 4.65. The number of benzene rings is 1. The summed E-state index contributed by atoms with van der Waals surface area (Å²) in [6, 6.07) is 13.6. The molecule has 3 rings (SSSR count). The molecule has 3 aromatic rings. The summed E-state index contributed by atoms with van der Waals surface area (Å²) in [4.78, 5) is 16.3. The molecule has 2 aromatic heterocycles. The van der Waals surface area contributed by atoms with Gasteiger partial charge in [-0.05, 0) is 31.2 Å². The van der Waals surface area contributed by atoms with Crippen molar-refractivity contribution in [2.45, 2.75) is 18.1 Å². The van der Waals surface area contributed by atoms with E-state index in [4.69, 9.17) is 4.74 Å². The van der Waals surface area contributed by atoms with Crippen molar-refractivity contribution in [2.24, 2.45) is 0 Å². The van der Waals surface area contributed by atoms with E-state index in [0.29, 0.717) is 17.6 Å². The van der Waals surface area contributed by atoms with Crippen LogP contribution in [0.15, 0.2) is 60.0 Å². The minimum absolute atomic E-state index is 0.0407. The summed E-state index contributed by atoms with van der Waals surface area (Å²) in [5.74, 6) is 0.853. The molecule has 2 heterocycles. The zero-order valence-electron chi connectivity index (χ0n) is 15.2. The molecule has 0 bridgehead atoms. The van der Waals surface area contributed by atoms with E-state index >= 15 is 0 Å². The molecule has 140 valence electrons. The average Bonchev–Trinajstić information content (AvgIpc) is 3.12. The van der Waals surface area contributed by atoms with Crippen molar-refractivity contribution in [3.63, 3.8) is 0 Å². The van der Waals surface area contributed by atoms with Crippen molar-refractivity contribution in [3.8, 4) is 17.1 Å². The number of amides is 1. The lowest BCUT2D eigenvalue weighted by Gasteiger charge is -2.13. The smallest absolute Gasteiger partial charge is 0.230 e. The number of aromatic nitrogens is 4. The summed E-state index contributed by atoms with van der Waals surface area (Å²) in [5.41, 5.74) is 1.79. The van der Waals surface area contributed by atoms with Gasteiger partial charge in [0.1, 0.15) is 0 Å². The molecule has 1 unspecified atom stereocenters. The molecule has 0 fully saturated rings. The van der Waals surface area contributed by atoms with E-state index in [1.807, 2.05) is 54.0 Å². The molecule has 0 aliphatic carbocycles. The fourth-order valence-corrected chi connectivity index (χ4v) is 3.36. The zero-order chi connectivity index (χ0) is 19.1. The molecule has 1 atom stereocenters. The van der Waals surface area contributed by atoms with E-state index in [1.165, 1.54) is 11.8 Å². The first kappa shape index (κ1) is 19.1. The highest BCUT2D eigenvalue weighted by Crippen LogP contribution is 2.27. The van der Waals surface area contributed by atoms with E-state index in [-0.39, 0.29) is 17.7 Å². The first-order valence-corrected chi connectivity index (χ1v) is 9.50. The van der Waals surface area contributed by atoms with Gasteiger partial charge in [-0.2, -0.15) is 0 Å². The molecule has 0 radical (unpaired) electrons. The highest BCUT2D eigenvalue weighted by Gasteiger charge is 2.17. The van der Waals surface area contributed by atoms with Crippen molar-refractivity contribution >= 4 is 17.7 Å². The third-order valence-electron chi connectivity index (χ3n) is 3.72. The Morgan fingerprint density at radius 2 is 2.04 bits per heavy atom. The summed E-state index contributed by atoms with van der Waals surface area (Å²) in [7, 11) is 1.61. The van der Waals surface area contributed by atoms with Gasteiger partial charge in [0.15, 0.2) is 11.0 Å². The lowest BCUT2D eigenvalue weighted by molar-refractivity contribution is -0.119. The lowest BCUT2D eigenvalue weighted by atomic mass is 10.2. The highest BCUT2D eigenvalue weighted by atomic mass is 32.2. The molecule has 0 spiro atoms. The molecule has 0 saturated carbocycles. The number of hydrogen-bond acceptors (Lipinski definition) is 6. The summed E-state index contributed by atoms with van der Waals surface area (Å²) in [5, 5.41) is 12.2. The first-order valence-electron chi connectivity index (χ1n) is 8.51. The van der Waals surface area contributed by atoms with Crippen LogP contribution >= 0.6 is 11.8 Å². The van der Waals surface area contributed by atoms with E-state index in [2.05, 4.69) is 20.5 Å². The molecule has 27 heavy (non-hydrogen) atoms. The fourth-order valence-electron chi connectivity index (χ4n) is 2.59. The quantitative estimate of drug-likeness (QED) is 0.602. The Hall–Kier alpha value is -2.71. The SMILES string of the molecule is COCC(C)NC(=O)CSc1nnc(-c2cccnc2)n1-c1ccccc1. The van der Waals surface area contributed by atoms with E-state index in [9.17, 15) is 4.79 Å². The lowest BCUT2D eigenvalue weighted by Crippen LogP contribution is -2.36. The number of pyridine rings is 1. The monoisotopic (exact) mass is 383 g/mol. The summed E-state index contributed by atoms with van der Waals surface area (Å²) >= 11 is 1.34. The van der Waals surface area contributed by atoms with E-state index in [0.717, 1.165) is 11.3 Å². The first-order chi connectivity index (χ1) is 13.2. The minimum atomic E-state index is -0.0740. The number of nitrogens with one attached hydrogen (secondary N) is 1. The molecule has 0 aliphatic heterocycles. The van der Waals surface area contributed by atoms with E-state index in [1.54, 1.807) is 19.5 Å². The Bertz CT molecular complexity index is 870. The van der Waals surface area contributed by atoms with Crippen LogP contribution in [0.2, 0.25) is 0 Å². The van der Waals surface area contributed by atoms with Crippen molar-refractivity contribution < 1.29 is 9.53 Å². The van der Waals surface area contributed by atoms with Gasteiger partial charge in [0.2, 0.25) is 5.91 Å². The van der Waals surface area contributed by atoms with Crippen LogP contribution in [0.3, 0.4) is 0 Å². The van der Waals surface area contributed by atoms with Gasteiger partial charge in [0.05, 0.1) is 12.4 Å². The van der Waals surface area contributed by atoms with Crippen molar-refractivity contribution in [1.82, 2.24) is 25.1 Å². The number of carbonyl (C=O) groups is 1. The normalized spacial score (nSPS) is 11.9. The van der Waals surface area contributed by atoms with Crippen LogP contribution < -0.4 is 5.32 Å². The largest absolute Gasteiger partial charge is 0.383 e. The standard InChI is InChI=1S/C19H21N5O2S/c1-14(12-26-2)21-17(25)13-27-19-23-22-18(15-7-6-10-20-11-15)24(19)16-8-4-3-5-9-16/h3-11,14H,12-13H2,1-2H3,(H,21,25). The van der Waals surface area contributed by atoms with Gasteiger partial charge in [-0.1, -0.05) is 30.0 Å². The third kappa shape index (κ3) is 4.93. The number of ether oxygens (including phenoxy) is 1. The Morgan fingerprint density at radius 1 is 1.22 bits per heavy atom. The van der Waals surface area contributed by atoms with Gasteiger partial charge in [-0.3, -0.25) is 14.3 Å². The second kappa shape index (κ2) is 9.29. The molecule has 0 saturated heterocycles. The van der Waals surface area contributed by atoms with Gasteiger partial charge in [-0.25, -0.2) is 0 Å². The number of para-hydroxylation sites is 1. The molecule has 1 aromatic carbocycles. The van der Waals surface area contributed by atoms with Gasteiger partial charge < -0.3 is 10.1 Å². The number of methoxy groups -OCH3 is 1. The molecular formula is C19H21N5O2S. The number of nitrogens with zero attached hydrogens (tertiary/aromatic N) is 4. The van der Waals surface area contributed by atoms with Crippen LogP contribution in [0.25, 0.3) is 17.1 Å². The van der Waals surface area contributed by atoms with Gasteiger partial charge >= 0.3 is 0 Å². The Labute approximate surface area is 162 Å². The maximum absolute atomic E-state index is 12.2. The molecular weight excluding hydrogens is 362 g/mol. The topological polar surface area (TPSA) is 81.9 Å². The Balaban J connectivity index is 1.83. The number of thioether (sulfide) groups is 1. The number of rotatable bonds is 8. The van der Waals surface area contributed by atoms with Crippen LogP contribution in [0.1, 0.15) is 6.92 Å². The predicted molar refractivity (Wildman–Crippen MR) is 105 cm³/mol. The van der Waals surface area contributed by atoms with Gasteiger partial charge in [0.25, 0.3) is 0 Å². The second-order valence-corrected chi connectivity index (χ2v) is 6.87. The second-order valence-electron chi connectivity index (χ2n) is 5.93. The summed E-state index contributed by atoms with van der Waals surface area (Å²) in [6.45, 7) is 2.38. The number of carbonyl (C=O) groups excluding carboxylic acids is 1. The van der Waals surface area contributed by atoms with Crippen molar-refractivity contribution in [2.75, 3.05) is 19.5 Å². The Morgan fingerprint density at radius 3 is 2.74 bits per heavy atom. The summed E-state index contributed by atoms with van der Waals surface area (Å²) < 4.78 is 6.98. The van der Waals surface area contributed by atoms with Crippen LogP contribution in [0.4, 0.5) is 0 Å². The van der Waals surface area contributed by atoms with Crippen LogP contribution in [-0.2, 0) is 9.53 Å². The van der Waals surface area contributed by atoms with Crippen LogP contribution in [0, 0.1) is 0 Å². The predicted octanol–water partition coefficient (Wildman–Crippen LogP) is 2.57. The van der Waals surface area contributed by atoms with Gasteiger partial charge in [0, 0.05) is 36.8 Å². The van der Waals surface area contributed by atoms with Crippen molar-refractivity contribution in [3.05, 3.63) is 54.9 Å². The summed E-state index contributed by atoms with van der Waals surface area (Å²) in [6.07, 6.45) is 3.46. The maximum atomic E-state index is 12.2. The van der Waals surface area contributed by atoms with Crippen LogP contribution in [0.5, 0.6) is 0 Å². The zero-order valence-corrected chi connectivity index (χ0v) is 16.0.